The number of hydrogen-bond donors (Lipinski definition) is 0. The molecule has 0 unspecified atom stereocenters. The van der Waals surface area contributed by atoms with E-state index in [1.54, 1.807) is 17.0 Å². The number of carbonyl (C=O) groups is 2. The van der Waals surface area contributed by atoms with Crippen molar-refractivity contribution in [1.29, 1.82) is 0 Å². The largest absolute Gasteiger partial charge is 0.341 e. The maximum absolute atomic E-state index is 13.5. The number of hydrogen-bond acceptors (Lipinski definition) is 3. The molecule has 5 nitrogen and oxygen atoms in total. The van der Waals surface area contributed by atoms with Crippen molar-refractivity contribution in [1.82, 2.24) is 14.7 Å². The lowest BCUT2D eigenvalue weighted by Gasteiger charge is -2.28. The average molecular weight is 422 g/mol. The fraction of sp³-hybridized carbons (Fsp3) is 0.545. The summed E-state index contributed by atoms with van der Waals surface area (Å²) in [7, 11) is 0. The zero-order valence-electron chi connectivity index (χ0n) is 16.8. The molecule has 7 heteroatoms. The molecule has 1 aromatic carbocycles. The van der Waals surface area contributed by atoms with E-state index >= 15 is 0 Å². The fourth-order valence-electron chi connectivity index (χ4n) is 3.88. The fourth-order valence-corrected chi connectivity index (χ4v) is 4.00. The Labute approximate surface area is 177 Å². The van der Waals surface area contributed by atoms with E-state index in [-0.39, 0.29) is 16.8 Å². The number of amides is 2. The highest BCUT2D eigenvalue weighted by atomic mass is 35.5. The van der Waals surface area contributed by atoms with Gasteiger partial charge in [-0.05, 0) is 62.7 Å². The summed E-state index contributed by atoms with van der Waals surface area (Å²) < 4.78 is 13.5. The van der Waals surface area contributed by atoms with Crippen LogP contribution in [-0.2, 0) is 9.59 Å². The minimum Gasteiger partial charge on any atom is -0.341 e. The van der Waals surface area contributed by atoms with Gasteiger partial charge in [-0.25, -0.2) is 4.39 Å². The van der Waals surface area contributed by atoms with Gasteiger partial charge in [-0.3, -0.25) is 9.59 Å². The van der Waals surface area contributed by atoms with Crippen LogP contribution in [0.1, 0.15) is 37.7 Å². The molecule has 0 aromatic heterocycles. The number of halogens is 2. The highest BCUT2D eigenvalue weighted by Crippen LogP contribution is 2.17. The van der Waals surface area contributed by atoms with Crippen LogP contribution >= 0.6 is 11.6 Å². The smallest absolute Gasteiger partial charge is 0.246 e. The SMILES string of the molecule is O=C(C=Cc1ccc(Cl)c(F)c1)N1CCC(=O)N(CCCN2CCCCC2)CC1. The van der Waals surface area contributed by atoms with Crippen molar-refractivity contribution in [2.45, 2.75) is 32.1 Å². The molecule has 0 spiro atoms. The number of rotatable bonds is 6. The second kappa shape index (κ2) is 10.7. The average Bonchev–Trinajstić information content (AvgIpc) is 2.91. The van der Waals surface area contributed by atoms with Gasteiger partial charge in [0.25, 0.3) is 0 Å². The van der Waals surface area contributed by atoms with Crippen LogP contribution in [0.3, 0.4) is 0 Å². The molecule has 2 heterocycles. The molecular formula is C22H29ClFN3O2. The van der Waals surface area contributed by atoms with Gasteiger partial charge in [-0.2, -0.15) is 0 Å². The highest BCUT2D eigenvalue weighted by molar-refractivity contribution is 6.30. The van der Waals surface area contributed by atoms with E-state index in [1.165, 1.54) is 50.6 Å². The molecule has 0 saturated carbocycles. The zero-order chi connectivity index (χ0) is 20.6. The number of likely N-dealkylation sites (tertiary alicyclic amines) is 1. The third-order valence-corrected chi connectivity index (χ3v) is 5.92. The first-order valence-electron chi connectivity index (χ1n) is 10.4. The molecule has 1 aromatic rings. The van der Waals surface area contributed by atoms with Crippen molar-refractivity contribution in [2.75, 3.05) is 45.8 Å². The summed E-state index contributed by atoms with van der Waals surface area (Å²) >= 11 is 5.68. The maximum Gasteiger partial charge on any atom is 0.246 e. The van der Waals surface area contributed by atoms with Crippen molar-refractivity contribution < 1.29 is 14.0 Å². The van der Waals surface area contributed by atoms with Crippen LogP contribution < -0.4 is 0 Å². The van der Waals surface area contributed by atoms with Crippen LogP contribution in [-0.4, -0.2) is 72.3 Å². The van der Waals surface area contributed by atoms with Gasteiger partial charge in [0.1, 0.15) is 5.82 Å². The first kappa shape index (κ1) is 21.8. The summed E-state index contributed by atoms with van der Waals surface area (Å²) in [6, 6.07) is 4.42. The van der Waals surface area contributed by atoms with Crippen molar-refractivity contribution in [3.05, 3.63) is 40.7 Å². The summed E-state index contributed by atoms with van der Waals surface area (Å²) in [6.07, 6.45) is 8.20. The highest BCUT2D eigenvalue weighted by Gasteiger charge is 2.22. The predicted octanol–water partition coefficient (Wildman–Crippen LogP) is 3.43. The first-order valence-corrected chi connectivity index (χ1v) is 10.8. The molecule has 2 fully saturated rings. The molecule has 0 atom stereocenters. The molecule has 0 aliphatic carbocycles. The van der Waals surface area contributed by atoms with Crippen molar-refractivity contribution in [3.8, 4) is 0 Å². The van der Waals surface area contributed by atoms with Crippen LogP contribution in [0.5, 0.6) is 0 Å². The van der Waals surface area contributed by atoms with E-state index in [0.717, 1.165) is 19.5 Å². The minimum atomic E-state index is -0.512. The Hall–Kier alpha value is -1.92. The quantitative estimate of drug-likeness (QED) is 0.661. The van der Waals surface area contributed by atoms with Gasteiger partial charge in [0.2, 0.25) is 11.8 Å². The van der Waals surface area contributed by atoms with E-state index < -0.39 is 5.82 Å². The molecule has 0 radical (unpaired) electrons. The number of benzene rings is 1. The van der Waals surface area contributed by atoms with Gasteiger partial charge in [0.05, 0.1) is 5.02 Å². The Morgan fingerprint density at radius 1 is 1.07 bits per heavy atom. The maximum atomic E-state index is 13.5. The summed E-state index contributed by atoms with van der Waals surface area (Å²) in [5.41, 5.74) is 0.575. The van der Waals surface area contributed by atoms with E-state index in [2.05, 4.69) is 4.90 Å². The van der Waals surface area contributed by atoms with E-state index in [1.807, 2.05) is 4.90 Å². The monoisotopic (exact) mass is 421 g/mol. The number of nitrogens with zero attached hydrogens (tertiary/aromatic N) is 3. The Kier molecular flexibility index (Phi) is 8.07. The van der Waals surface area contributed by atoms with Crippen LogP contribution in [0.15, 0.2) is 24.3 Å². The molecule has 0 N–H and O–H groups in total. The molecule has 2 aliphatic rings. The molecule has 3 rings (SSSR count). The first-order chi connectivity index (χ1) is 14.0. The topological polar surface area (TPSA) is 43.9 Å². The van der Waals surface area contributed by atoms with Gasteiger partial charge in [0.15, 0.2) is 0 Å². The van der Waals surface area contributed by atoms with Crippen molar-refractivity contribution in [3.63, 3.8) is 0 Å². The van der Waals surface area contributed by atoms with E-state index in [4.69, 9.17) is 11.6 Å². The third kappa shape index (κ3) is 6.54. The van der Waals surface area contributed by atoms with Gasteiger partial charge in [0, 0.05) is 38.7 Å². The lowest BCUT2D eigenvalue weighted by atomic mass is 10.1. The standard InChI is InChI=1S/C22H29ClFN3O2/c23-19-7-5-18(17-20(19)24)6-8-21(28)27-14-9-22(29)26(15-16-27)13-4-12-25-10-2-1-3-11-25/h5-8,17H,1-4,9-16H2. The van der Waals surface area contributed by atoms with Crippen molar-refractivity contribution in [2.24, 2.45) is 0 Å². The molecule has 2 amide bonds. The number of piperidine rings is 1. The molecule has 0 bridgehead atoms. The Morgan fingerprint density at radius 3 is 2.62 bits per heavy atom. The third-order valence-electron chi connectivity index (χ3n) is 5.61. The van der Waals surface area contributed by atoms with Crippen molar-refractivity contribution >= 4 is 29.5 Å². The summed E-state index contributed by atoms with van der Waals surface area (Å²) in [5, 5.41) is 0.0554. The normalized spacial score (nSPS) is 19.0. The molecule has 29 heavy (non-hydrogen) atoms. The van der Waals surface area contributed by atoms with E-state index in [0.29, 0.717) is 31.6 Å². The van der Waals surface area contributed by atoms with Crippen LogP contribution in [0.25, 0.3) is 6.08 Å². The Balaban J connectivity index is 1.47. The lowest BCUT2D eigenvalue weighted by Crippen LogP contribution is -2.37. The molecule has 2 saturated heterocycles. The second-order valence-corrected chi connectivity index (χ2v) is 8.13. The van der Waals surface area contributed by atoms with Gasteiger partial charge >= 0.3 is 0 Å². The Bertz CT molecular complexity index is 750. The second-order valence-electron chi connectivity index (χ2n) is 7.72. The molecule has 158 valence electrons. The predicted molar refractivity (Wildman–Crippen MR) is 113 cm³/mol. The molecule has 2 aliphatic heterocycles. The number of carbonyl (C=O) groups excluding carboxylic acids is 2. The lowest BCUT2D eigenvalue weighted by molar-refractivity contribution is -0.130. The van der Waals surface area contributed by atoms with Crippen LogP contribution in [0, 0.1) is 5.82 Å². The van der Waals surface area contributed by atoms with Crippen LogP contribution in [0.2, 0.25) is 5.02 Å². The summed E-state index contributed by atoms with van der Waals surface area (Å²) in [6.45, 7) is 5.62. The van der Waals surface area contributed by atoms with Crippen LogP contribution in [0.4, 0.5) is 4.39 Å². The molecular weight excluding hydrogens is 393 g/mol. The van der Waals surface area contributed by atoms with Gasteiger partial charge < -0.3 is 14.7 Å². The van der Waals surface area contributed by atoms with E-state index in [9.17, 15) is 14.0 Å². The zero-order valence-corrected chi connectivity index (χ0v) is 17.5. The van der Waals surface area contributed by atoms with Gasteiger partial charge in [-0.1, -0.05) is 24.1 Å². The van der Waals surface area contributed by atoms with Gasteiger partial charge in [-0.15, -0.1) is 0 Å². The summed E-state index contributed by atoms with van der Waals surface area (Å²) in [4.78, 5) is 31.0. The Morgan fingerprint density at radius 2 is 1.86 bits per heavy atom. The minimum absolute atomic E-state index is 0.0554. The summed E-state index contributed by atoms with van der Waals surface area (Å²) in [5.74, 6) is -0.562.